The van der Waals surface area contributed by atoms with Gasteiger partial charge in [-0.15, -0.1) is 0 Å². The number of aromatic nitrogens is 3. The molecule has 32 heavy (non-hydrogen) atoms. The molecule has 0 aliphatic heterocycles. The number of nitrogens with one attached hydrogen (secondary N) is 1. The number of fused-ring (bicyclic) bond motifs is 1. The molecule has 164 valence electrons. The van der Waals surface area contributed by atoms with Crippen molar-refractivity contribution in [1.82, 2.24) is 20.0 Å². The number of halogens is 1. The van der Waals surface area contributed by atoms with Crippen molar-refractivity contribution in [2.75, 3.05) is 7.11 Å². The topological polar surface area (TPSA) is 65.1 Å². The van der Waals surface area contributed by atoms with Gasteiger partial charge in [0.25, 0.3) is 0 Å². The minimum Gasteiger partial charge on any atom is -0.495 e. The maximum Gasteiger partial charge on any atom is 0.157 e. The average Bonchev–Trinajstić information content (AvgIpc) is 3.45. The molecule has 1 N–H and O–H groups in total. The van der Waals surface area contributed by atoms with E-state index in [9.17, 15) is 4.39 Å². The number of hydrogen-bond donors (Lipinski definition) is 1. The van der Waals surface area contributed by atoms with Gasteiger partial charge in [0.2, 0.25) is 0 Å². The maximum atomic E-state index is 13.2. The molecule has 2 heterocycles. The van der Waals surface area contributed by atoms with Crippen molar-refractivity contribution in [2.45, 2.75) is 38.8 Å². The lowest BCUT2D eigenvalue weighted by molar-refractivity contribution is 0.314. The third kappa shape index (κ3) is 3.91. The van der Waals surface area contributed by atoms with Crippen LogP contribution in [0.1, 0.15) is 41.5 Å². The molecule has 0 bridgehead atoms. The Labute approximate surface area is 186 Å². The van der Waals surface area contributed by atoms with Crippen LogP contribution in [0, 0.1) is 12.7 Å². The molecule has 0 radical (unpaired) electrons. The Bertz CT molecular complexity index is 1230. The predicted octanol–water partition coefficient (Wildman–Crippen LogP) is 5.15. The molecule has 1 unspecified atom stereocenters. The van der Waals surface area contributed by atoms with E-state index in [-0.39, 0.29) is 11.9 Å². The highest BCUT2D eigenvalue weighted by atomic mass is 19.1. The van der Waals surface area contributed by atoms with Crippen molar-refractivity contribution < 1.29 is 13.7 Å². The summed E-state index contributed by atoms with van der Waals surface area (Å²) in [5.41, 5.74) is 5.87. The van der Waals surface area contributed by atoms with Crippen molar-refractivity contribution in [2.24, 2.45) is 0 Å². The summed E-state index contributed by atoms with van der Waals surface area (Å²) in [5.74, 6) is 1.42. The van der Waals surface area contributed by atoms with Crippen LogP contribution < -0.4 is 10.1 Å². The highest BCUT2D eigenvalue weighted by molar-refractivity contribution is 5.68. The Morgan fingerprint density at radius 2 is 2.06 bits per heavy atom. The molecule has 0 amide bonds. The number of ether oxygens (including phenoxy) is 1. The molecule has 7 heteroatoms. The summed E-state index contributed by atoms with van der Waals surface area (Å²) in [7, 11) is 1.67. The Hall–Kier alpha value is -3.45. The molecule has 0 spiro atoms. The fraction of sp³-hybridized carbons (Fsp3) is 0.280. The van der Waals surface area contributed by atoms with Crippen LogP contribution in [0.25, 0.3) is 16.9 Å². The zero-order valence-corrected chi connectivity index (χ0v) is 18.1. The lowest BCUT2D eigenvalue weighted by Crippen LogP contribution is -2.24. The van der Waals surface area contributed by atoms with Gasteiger partial charge in [0, 0.05) is 23.9 Å². The lowest BCUT2D eigenvalue weighted by atomic mass is 9.90. The molecule has 2 aromatic heterocycles. The molecular formula is C25H25FN4O2. The van der Waals surface area contributed by atoms with Crippen LogP contribution in [0.2, 0.25) is 0 Å². The highest BCUT2D eigenvalue weighted by Crippen LogP contribution is 2.38. The second-order valence-corrected chi connectivity index (χ2v) is 8.14. The predicted molar refractivity (Wildman–Crippen MR) is 119 cm³/mol. The van der Waals surface area contributed by atoms with Crippen LogP contribution in [0.15, 0.2) is 59.5 Å². The van der Waals surface area contributed by atoms with Crippen molar-refractivity contribution >= 4 is 0 Å². The van der Waals surface area contributed by atoms with Crippen LogP contribution in [0.5, 0.6) is 5.75 Å². The Kier molecular flexibility index (Phi) is 5.49. The number of hydrogen-bond acceptors (Lipinski definition) is 5. The molecule has 0 fully saturated rings. The number of aryl methyl sites for hydroxylation is 1. The van der Waals surface area contributed by atoms with Gasteiger partial charge in [0.1, 0.15) is 17.3 Å². The molecule has 1 aliphatic carbocycles. The molecule has 0 saturated heterocycles. The summed E-state index contributed by atoms with van der Waals surface area (Å²) in [6, 6.07) is 12.7. The first-order chi connectivity index (χ1) is 15.6. The van der Waals surface area contributed by atoms with Gasteiger partial charge in [0.05, 0.1) is 30.9 Å². The van der Waals surface area contributed by atoms with Crippen molar-refractivity contribution in [3.63, 3.8) is 0 Å². The summed E-state index contributed by atoms with van der Waals surface area (Å²) >= 11 is 0. The van der Waals surface area contributed by atoms with Crippen molar-refractivity contribution in [3.05, 3.63) is 83.4 Å². The van der Waals surface area contributed by atoms with E-state index in [4.69, 9.17) is 9.26 Å². The third-order valence-electron chi connectivity index (χ3n) is 5.96. The fourth-order valence-corrected chi connectivity index (χ4v) is 4.31. The number of benzene rings is 2. The average molecular weight is 432 g/mol. The van der Waals surface area contributed by atoms with E-state index in [2.05, 4.69) is 15.5 Å². The van der Waals surface area contributed by atoms with Crippen LogP contribution >= 0.6 is 0 Å². The summed E-state index contributed by atoms with van der Waals surface area (Å²) in [6.45, 7) is 2.60. The minimum absolute atomic E-state index is 0.0835. The summed E-state index contributed by atoms with van der Waals surface area (Å²) in [6.07, 6.45) is 6.69. The van der Waals surface area contributed by atoms with Gasteiger partial charge in [-0.05, 0) is 56.0 Å². The van der Waals surface area contributed by atoms with E-state index in [1.165, 1.54) is 12.1 Å². The zero-order valence-electron chi connectivity index (χ0n) is 18.1. The monoisotopic (exact) mass is 432 g/mol. The van der Waals surface area contributed by atoms with Gasteiger partial charge < -0.3 is 19.1 Å². The second-order valence-electron chi connectivity index (χ2n) is 8.14. The third-order valence-corrected chi connectivity index (χ3v) is 5.96. The first-order valence-electron chi connectivity index (χ1n) is 10.8. The standard InChI is InChI=1S/C25H25FN4O2/c1-16-14-30(15-28-16)22-11-8-18(12-23(22)31-2)24-20-4-3-5-21(25(20)32-29-24)27-13-17-6-9-19(26)10-7-17/h6-12,14-15,21,27H,3-5,13H2,1-2H3. The normalized spacial score (nSPS) is 15.5. The quantitative estimate of drug-likeness (QED) is 0.456. The Morgan fingerprint density at radius 1 is 1.22 bits per heavy atom. The molecule has 4 aromatic rings. The first-order valence-corrected chi connectivity index (χ1v) is 10.8. The number of rotatable bonds is 6. The highest BCUT2D eigenvalue weighted by Gasteiger charge is 2.28. The SMILES string of the molecule is COc1cc(-c2noc3c2CCCC3NCc2ccc(F)cc2)ccc1-n1cnc(C)c1. The first kappa shape index (κ1) is 20.5. The number of nitrogens with zero attached hydrogens (tertiary/aromatic N) is 3. The van der Waals surface area contributed by atoms with E-state index < -0.39 is 0 Å². The van der Waals surface area contributed by atoms with Crippen LogP contribution in [0.3, 0.4) is 0 Å². The van der Waals surface area contributed by atoms with E-state index in [1.807, 2.05) is 35.9 Å². The molecule has 1 aliphatic rings. The van der Waals surface area contributed by atoms with Crippen LogP contribution in [-0.2, 0) is 13.0 Å². The van der Waals surface area contributed by atoms with E-state index >= 15 is 0 Å². The lowest BCUT2D eigenvalue weighted by Gasteiger charge is -2.22. The zero-order chi connectivity index (χ0) is 22.1. The smallest absolute Gasteiger partial charge is 0.157 e. The van der Waals surface area contributed by atoms with Crippen molar-refractivity contribution in [1.29, 1.82) is 0 Å². The fourth-order valence-electron chi connectivity index (χ4n) is 4.31. The summed E-state index contributed by atoms with van der Waals surface area (Å²) in [4.78, 5) is 4.30. The molecule has 6 nitrogen and oxygen atoms in total. The van der Waals surface area contributed by atoms with Gasteiger partial charge in [-0.1, -0.05) is 23.4 Å². The number of imidazole rings is 1. The molecule has 0 saturated carbocycles. The van der Waals surface area contributed by atoms with E-state index in [0.29, 0.717) is 6.54 Å². The summed E-state index contributed by atoms with van der Waals surface area (Å²) in [5, 5.41) is 7.97. The van der Waals surface area contributed by atoms with Gasteiger partial charge >= 0.3 is 0 Å². The number of methoxy groups -OCH3 is 1. The maximum absolute atomic E-state index is 13.2. The van der Waals surface area contributed by atoms with E-state index in [0.717, 1.165) is 64.5 Å². The van der Waals surface area contributed by atoms with Gasteiger partial charge in [-0.3, -0.25) is 0 Å². The molecule has 2 aromatic carbocycles. The molecule has 5 rings (SSSR count). The van der Waals surface area contributed by atoms with Gasteiger partial charge in [-0.2, -0.15) is 0 Å². The van der Waals surface area contributed by atoms with E-state index in [1.54, 1.807) is 25.6 Å². The summed E-state index contributed by atoms with van der Waals surface area (Å²) < 4.78 is 26.6. The van der Waals surface area contributed by atoms with Crippen molar-refractivity contribution in [3.8, 4) is 22.7 Å². The van der Waals surface area contributed by atoms with Crippen LogP contribution in [0.4, 0.5) is 4.39 Å². The Balaban J connectivity index is 1.40. The second kappa shape index (κ2) is 8.59. The minimum atomic E-state index is -0.224. The molecular weight excluding hydrogens is 407 g/mol. The van der Waals surface area contributed by atoms with Gasteiger partial charge in [-0.25, -0.2) is 9.37 Å². The molecule has 1 atom stereocenters. The van der Waals surface area contributed by atoms with Gasteiger partial charge in [0.15, 0.2) is 5.76 Å². The van der Waals surface area contributed by atoms with Crippen LogP contribution in [-0.4, -0.2) is 21.8 Å². The largest absolute Gasteiger partial charge is 0.495 e. The Morgan fingerprint density at radius 3 is 2.81 bits per heavy atom.